The molecule has 0 saturated carbocycles. The maximum atomic E-state index is 5.73. The first-order valence-electron chi connectivity index (χ1n) is 6.26. The normalized spacial score (nSPS) is 12.6. The Morgan fingerprint density at radius 1 is 1.55 bits per heavy atom. The Hall–Kier alpha value is -1.28. The van der Waals surface area contributed by atoms with E-state index in [9.17, 15) is 0 Å². The van der Waals surface area contributed by atoms with Gasteiger partial charge in [-0.15, -0.1) is 0 Å². The summed E-state index contributed by atoms with van der Waals surface area (Å²) in [5, 5.41) is 4.34. The van der Waals surface area contributed by atoms with Crippen molar-refractivity contribution in [3.63, 3.8) is 0 Å². The van der Waals surface area contributed by atoms with E-state index in [1.165, 1.54) is 0 Å². The van der Waals surface area contributed by atoms with Gasteiger partial charge in [0.1, 0.15) is 6.04 Å². The molecule has 20 heavy (non-hydrogen) atoms. The molecule has 0 saturated heterocycles. The summed E-state index contributed by atoms with van der Waals surface area (Å²) >= 11 is 3.52. The smallest absolute Gasteiger partial charge is 0.106 e. The molecule has 108 valence electrons. The first-order chi connectivity index (χ1) is 9.67. The summed E-state index contributed by atoms with van der Waals surface area (Å²) in [5.74, 6) is 5.73. The highest BCUT2D eigenvalue weighted by atomic mass is 79.9. The Bertz CT molecular complexity index is 572. The molecule has 0 aliphatic carbocycles. The van der Waals surface area contributed by atoms with Crippen LogP contribution in [0.4, 0.5) is 0 Å². The van der Waals surface area contributed by atoms with Gasteiger partial charge in [0.2, 0.25) is 0 Å². The van der Waals surface area contributed by atoms with Gasteiger partial charge in [-0.05, 0) is 40.5 Å². The zero-order chi connectivity index (χ0) is 14.5. The molecule has 0 bridgehead atoms. The third kappa shape index (κ3) is 3.24. The lowest BCUT2D eigenvalue weighted by Crippen LogP contribution is -2.32. The molecule has 1 unspecified atom stereocenters. The number of nitrogens with one attached hydrogen (secondary N) is 1. The highest BCUT2D eigenvalue weighted by Gasteiger charge is 2.22. The van der Waals surface area contributed by atoms with Crippen LogP contribution in [0, 0.1) is 6.92 Å². The summed E-state index contributed by atoms with van der Waals surface area (Å²) < 4.78 is 7.86. The second kappa shape index (κ2) is 6.94. The Morgan fingerprint density at radius 2 is 2.35 bits per heavy atom. The van der Waals surface area contributed by atoms with Crippen molar-refractivity contribution >= 4 is 15.9 Å². The predicted octanol–water partition coefficient (Wildman–Crippen LogP) is 1.55. The number of aromatic nitrogens is 3. The number of nitrogens with two attached hydrogens (primary N) is 1. The van der Waals surface area contributed by atoms with E-state index in [1.54, 1.807) is 19.5 Å². The number of nitrogens with zero attached hydrogens (tertiary/aromatic N) is 3. The number of halogens is 1. The third-order valence-corrected chi connectivity index (χ3v) is 3.62. The first-order valence-corrected chi connectivity index (χ1v) is 7.05. The van der Waals surface area contributed by atoms with Gasteiger partial charge >= 0.3 is 0 Å². The summed E-state index contributed by atoms with van der Waals surface area (Å²) in [5.41, 5.74) is 5.73. The highest BCUT2D eigenvalue weighted by Crippen LogP contribution is 2.27. The van der Waals surface area contributed by atoms with Crippen molar-refractivity contribution in [3.05, 3.63) is 46.0 Å². The number of rotatable bonds is 6. The van der Waals surface area contributed by atoms with Crippen LogP contribution in [-0.2, 0) is 11.3 Å². The molecule has 1 atom stereocenters. The molecular formula is C13H18BrN5O. The topological polar surface area (TPSA) is 78.0 Å². The van der Waals surface area contributed by atoms with E-state index < -0.39 is 0 Å². The predicted molar refractivity (Wildman–Crippen MR) is 79.9 cm³/mol. The molecule has 0 aromatic carbocycles. The van der Waals surface area contributed by atoms with E-state index in [1.807, 2.05) is 23.7 Å². The third-order valence-electron chi connectivity index (χ3n) is 3.01. The molecule has 2 heterocycles. The van der Waals surface area contributed by atoms with Crippen LogP contribution in [-0.4, -0.2) is 28.5 Å². The molecule has 0 spiro atoms. The van der Waals surface area contributed by atoms with E-state index >= 15 is 0 Å². The molecule has 0 aliphatic rings. The van der Waals surface area contributed by atoms with E-state index in [-0.39, 0.29) is 6.04 Å². The number of hydrogen-bond acceptors (Lipinski definition) is 5. The van der Waals surface area contributed by atoms with Crippen molar-refractivity contribution in [2.24, 2.45) is 5.84 Å². The minimum atomic E-state index is -0.233. The maximum absolute atomic E-state index is 5.73. The number of methoxy groups -OCH3 is 1. The monoisotopic (exact) mass is 339 g/mol. The number of aryl methyl sites for hydroxylation is 1. The largest absolute Gasteiger partial charge is 0.383 e. The molecular weight excluding hydrogens is 322 g/mol. The molecule has 7 heteroatoms. The fourth-order valence-corrected chi connectivity index (χ4v) is 2.56. The van der Waals surface area contributed by atoms with Crippen LogP contribution in [0.15, 0.2) is 29.0 Å². The molecule has 0 aliphatic heterocycles. The van der Waals surface area contributed by atoms with Crippen LogP contribution in [0.25, 0.3) is 0 Å². The van der Waals surface area contributed by atoms with Gasteiger partial charge in [0.05, 0.1) is 35.2 Å². The minimum Gasteiger partial charge on any atom is -0.383 e. The van der Waals surface area contributed by atoms with Crippen molar-refractivity contribution < 1.29 is 4.74 Å². The zero-order valence-corrected chi connectivity index (χ0v) is 13.1. The summed E-state index contributed by atoms with van der Waals surface area (Å²) in [6, 6.07) is 3.72. The molecule has 2 aromatic rings. The Labute approximate surface area is 126 Å². The van der Waals surface area contributed by atoms with Gasteiger partial charge in [0.15, 0.2) is 0 Å². The number of pyridine rings is 1. The summed E-state index contributed by atoms with van der Waals surface area (Å²) in [6.07, 6.45) is 3.53. The second-order valence-electron chi connectivity index (χ2n) is 4.45. The zero-order valence-electron chi connectivity index (χ0n) is 11.5. The molecule has 6 nitrogen and oxygen atoms in total. The average molecular weight is 340 g/mol. The van der Waals surface area contributed by atoms with Gasteiger partial charge in [-0.1, -0.05) is 0 Å². The number of ether oxygens (including phenoxy) is 1. The number of hydrogen-bond donors (Lipinski definition) is 2. The SMILES string of the molecule is COCCn1ncc(Br)c1C(NN)c1cc(C)ccn1. The summed E-state index contributed by atoms with van der Waals surface area (Å²) in [6.45, 7) is 3.26. The molecule has 0 fully saturated rings. The Balaban J connectivity index is 2.38. The van der Waals surface area contributed by atoms with Crippen LogP contribution in [0.1, 0.15) is 23.0 Å². The molecule has 0 amide bonds. The molecule has 3 N–H and O–H groups in total. The van der Waals surface area contributed by atoms with E-state index in [0.717, 1.165) is 21.4 Å². The minimum absolute atomic E-state index is 0.233. The highest BCUT2D eigenvalue weighted by molar-refractivity contribution is 9.10. The van der Waals surface area contributed by atoms with Crippen molar-refractivity contribution in [1.82, 2.24) is 20.2 Å². The molecule has 2 rings (SSSR count). The van der Waals surface area contributed by atoms with Crippen molar-refractivity contribution in [2.75, 3.05) is 13.7 Å². The second-order valence-corrected chi connectivity index (χ2v) is 5.31. The van der Waals surface area contributed by atoms with Gasteiger partial charge in [-0.25, -0.2) is 5.43 Å². The van der Waals surface area contributed by atoms with Crippen molar-refractivity contribution in [3.8, 4) is 0 Å². The fraction of sp³-hybridized carbons (Fsp3) is 0.385. The van der Waals surface area contributed by atoms with E-state index in [4.69, 9.17) is 10.6 Å². The summed E-state index contributed by atoms with van der Waals surface area (Å²) in [4.78, 5) is 4.39. The van der Waals surface area contributed by atoms with Crippen LogP contribution >= 0.6 is 15.9 Å². The first kappa shape index (κ1) is 15.1. The van der Waals surface area contributed by atoms with Crippen LogP contribution in [0.2, 0.25) is 0 Å². The van der Waals surface area contributed by atoms with Gasteiger partial charge in [-0.3, -0.25) is 15.5 Å². The van der Waals surface area contributed by atoms with Crippen molar-refractivity contribution in [1.29, 1.82) is 0 Å². The Kier molecular flexibility index (Phi) is 5.24. The standard InChI is InChI=1S/C13H18BrN5O/c1-9-3-4-16-11(7-9)12(18-15)13-10(14)8-17-19(13)5-6-20-2/h3-4,7-8,12,18H,5-6,15H2,1-2H3. The van der Waals surface area contributed by atoms with Crippen LogP contribution in [0.3, 0.4) is 0 Å². The maximum Gasteiger partial charge on any atom is 0.106 e. The Morgan fingerprint density at radius 3 is 3.00 bits per heavy atom. The molecule has 0 radical (unpaired) electrons. The van der Waals surface area contributed by atoms with E-state index in [0.29, 0.717) is 13.2 Å². The van der Waals surface area contributed by atoms with Crippen LogP contribution in [0.5, 0.6) is 0 Å². The lowest BCUT2D eigenvalue weighted by Gasteiger charge is -2.18. The van der Waals surface area contributed by atoms with Gasteiger partial charge in [0, 0.05) is 13.3 Å². The lowest BCUT2D eigenvalue weighted by atomic mass is 10.1. The van der Waals surface area contributed by atoms with Gasteiger partial charge in [0.25, 0.3) is 0 Å². The fourth-order valence-electron chi connectivity index (χ4n) is 2.04. The van der Waals surface area contributed by atoms with Crippen molar-refractivity contribution in [2.45, 2.75) is 19.5 Å². The quantitative estimate of drug-likeness (QED) is 0.616. The van der Waals surface area contributed by atoms with Crippen LogP contribution < -0.4 is 11.3 Å². The van der Waals surface area contributed by atoms with Gasteiger partial charge < -0.3 is 4.74 Å². The van der Waals surface area contributed by atoms with Gasteiger partial charge in [-0.2, -0.15) is 5.10 Å². The lowest BCUT2D eigenvalue weighted by molar-refractivity contribution is 0.182. The molecule has 2 aromatic heterocycles. The van der Waals surface area contributed by atoms with E-state index in [2.05, 4.69) is 31.4 Å². The average Bonchev–Trinajstić information content (AvgIpc) is 2.79. The number of hydrazine groups is 1. The summed E-state index contributed by atoms with van der Waals surface area (Å²) in [7, 11) is 1.67.